The van der Waals surface area contributed by atoms with E-state index in [0.29, 0.717) is 22.6 Å². The van der Waals surface area contributed by atoms with Crippen LogP contribution in [0.4, 0.5) is 11.6 Å². The smallest absolute Gasteiger partial charge is 0.279 e. The van der Waals surface area contributed by atoms with Gasteiger partial charge >= 0.3 is 0 Å². The van der Waals surface area contributed by atoms with Gasteiger partial charge in [0.25, 0.3) is 5.91 Å². The molecule has 26 heavy (non-hydrogen) atoms. The van der Waals surface area contributed by atoms with Gasteiger partial charge in [-0.2, -0.15) is 5.10 Å². The molecule has 0 saturated carbocycles. The van der Waals surface area contributed by atoms with E-state index in [2.05, 4.69) is 25.5 Å². The minimum atomic E-state index is -0.495. The van der Waals surface area contributed by atoms with Crippen LogP contribution in [0.2, 0.25) is 0 Å². The van der Waals surface area contributed by atoms with Gasteiger partial charge in [-0.05, 0) is 26.0 Å². The van der Waals surface area contributed by atoms with Crippen molar-refractivity contribution in [3.8, 4) is 11.5 Å². The minimum Gasteiger partial charge on any atom is -0.461 e. The fraction of sp³-hybridized carbons (Fsp3) is 0.188. The van der Waals surface area contributed by atoms with E-state index in [9.17, 15) is 4.79 Å². The number of carbonyl (C=O) groups excluding carboxylic acids is 1. The Morgan fingerprint density at radius 2 is 2.15 bits per heavy atom. The van der Waals surface area contributed by atoms with Gasteiger partial charge in [0.05, 0.1) is 6.26 Å². The molecule has 0 aliphatic heterocycles. The van der Waals surface area contributed by atoms with Gasteiger partial charge in [0, 0.05) is 12.1 Å². The van der Waals surface area contributed by atoms with Crippen LogP contribution in [-0.2, 0) is 0 Å². The van der Waals surface area contributed by atoms with Crippen LogP contribution in [0, 0.1) is 0 Å². The molecule has 0 aliphatic carbocycles. The van der Waals surface area contributed by atoms with Gasteiger partial charge in [0.15, 0.2) is 22.9 Å². The third-order valence-corrected chi connectivity index (χ3v) is 3.75. The number of nitrogens with zero attached hydrogens (tertiary/aromatic N) is 5. The fourth-order valence-corrected chi connectivity index (χ4v) is 2.53. The van der Waals surface area contributed by atoms with Crippen molar-refractivity contribution < 1.29 is 13.7 Å². The largest absolute Gasteiger partial charge is 0.461 e. The maximum atomic E-state index is 12.5. The molecule has 0 radical (unpaired) electrons. The van der Waals surface area contributed by atoms with Gasteiger partial charge in [-0.15, -0.1) is 0 Å². The van der Waals surface area contributed by atoms with Crippen molar-refractivity contribution in [3.05, 3.63) is 36.5 Å². The van der Waals surface area contributed by atoms with Gasteiger partial charge in [-0.1, -0.05) is 5.16 Å². The van der Waals surface area contributed by atoms with Gasteiger partial charge in [-0.25, -0.2) is 14.6 Å². The Kier molecular flexibility index (Phi) is 3.64. The lowest BCUT2D eigenvalue weighted by atomic mass is 10.3. The summed E-state index contributed by atoms with van der Waals surface area (Å²) >= 11 is 0. The summed E-state index contributed by atoms with van der Waals surface area (Å²) in [6.45, 7) is 3.90. The summed E-state index contributed by atoms with van der Waals surface area (Å²) in [6.07, 6.45) is 2.86. The second-order valence-corrected chi connectivity index (χ2v) is 5.85. The Morgan fingerprint density at radius 3 is 2.88 bits per heavy atom. The van der Waals surface area contributed by atoms with Gasteiger partial charge in [0.1, 0.15) is 17.5 Å². The maximum Gasteiger partial charge on any atom is 0.279 e. The number of carbonyl (C=O) groups is 1. The summed E-state index contributed by atoms with van der Waals surface area (Å²) < 4.78 is 12.0. The molecule has 0 bridgehead atoms. The first-order valence-electron chi connectivity index (χ1n) is 7.85. The van der Waals surface area contributed by atoms with Crippen LogP contribution in [0.1, 0.15) is 30.4 Å². The summed E-state index contributed by atoms with van der Waals surface area (Å²) in [4.78, 5) is 20.7. The van der Waals surface area contributed by atoms with E-state index < -0.39 is 5.91 Å². The number of anilines is 2. The number of furan rings is 1. The number of aromatic nitrogens is 5. The lowest BCUT2D eigenvalue weighted by Crippen LogP contribution is -2.13. The molecule has 4 aromatic heterocycles. The molecular weight excluding hydrogens is 338 g/mol. The number of nitrogen functional groups attached to an aromatic ring is 1. The highest BCUT2D eigenvalue weighted by Gasteiger charge is 2.21. The molecule has 0 saturated heterocycles. The monoisotopic (exact) mass is 353 g/mol. The molecule has 0 unspecified atom stereocenters. The van der Waals surface area contributed by atoms with Crippen molar-refractivity contribution >= 4 is 28.6 Å². The van der Waals surface area contributed by atoms with Crippen molar-refractivity contribution in [2.24, 2.45) is 0 Å². The Balaban J connectivity index is 1.68. The summed E-state index contributed by atoms with van der Waals surface area (Å²) in [5.41, 5.74) is 6.57. The zero-order valence-corrected chi connectivity index (χ0v) is 14.0. The average Bonchev–Trinajstić information content (AvgIpc) is 3.34. The maximum absolute atomic E-state index is 12.5. The zero-order valence-electron chi connectivity index (χ0n) is 14.0. The Hall–Kier alpha value is -3.69. The summed E-state index contributed by atoms with van der Waals surface area (Å²) in [5.74, 6) is 0.822. The topological polar surface area (TPSA) is 138 Å². The van der Waals surface area contributed by atoms with Crippen LogP contribution < -0.4 is 11.1 Å². The molecule has 0 fully saturated rings. The molecule has 4 aromatic rings. The van der Waals surface area contributed by atoms with Crippen molar-refractivity contribution in [3.63, 3.8) is 0 Å². The minimum absolute atomic E-state index is 0.0232. The highest BCUT2D eigenvalue weighted by molar-refractivity contribution is 6.08. The molecule has 4 heterocycles. The summed E-state index contributed by atoms with van der Waals surface area (Å²) in [7, 11) is 0. The summed E-state index contributed by atoms with van der Waals surface area (Å²) in [6, 6.07) is 4.92. The molecular formula is C16H15N7O3. The summed E-state index contributed by atoms with van der Waals surface area (Å²) in [5, 5.41) is 11.3. The molecule has 0 spiro atoms. The van der Waals surface area contributed by atoms with E-state index in [1.807, 2.05) is 13.8 Å². The van der Waals surface area contributed by atoms with Crippen molar-refractivity contribution in [1.82, 2.24) is 24.9 Å². The van der Waals surface area contributed by atoms with E-state index in [-0.39, 0.29) is 23.4 Å². The first-order valence-corrected chi connectivity index (χ1v) is 7.85. The number of rotatable bonds is 4. The molecule has 0 aromatic carbocycles. The quantitative estimate of drug-likeness (QED) is 0.570. The van der Waals surface area contributed by atoms with E-state index in [4.69, 9.17) is 14.7 Å². The van der Waals surface area contributed by atoms with Crippen molar-refractivity contribution in [2.75, 3.05) is 11.1 Å². The number of nitrogens with one attached hydrogen (secondary N) is 1. The Labute approximate surface area is 147 Å². The van der Waals surface area contributed by atoms with Crippen LogP contribution in [-0.4, -0.2) is 30.8 Å². The molecule has 10 nitrogen and oxygen atoms in total. The van der Waals surface area contributed by atoms with E-state index in [1.165, 1.54) is 18.7 Å². The number of nitrogens with two attached hydrogens (primary N) is 1. The lowest BCUT2D eigenvalue weighted by molar-refractivity contribution is 0.101. The van der Waals surface area contributed by atoms with Crippen LogP contribution in [0.3, 0.4) is 0 Å². The van der Waals surface area contributed by atoms with Gasteiger partial charge in [0.2, 0.25) is 5.76 Å². The van der Waals surface area contributed by atoms with Crippen LogP contribution in [0.15, 0.2) is 39.7 Å². The molecule has 132 valence electrons. The van der Waals surface area contributed by atoms with E-state index in [0.717, 1.165) is 0 Å². The van der Waals surface area contributed by atoms with Crippen LogP contribution in [0.5, 0.6) is 0 Å². The standard InChI is InChI=1S/C16H15N7O3/c1-8(2)23-15-12(13(17)18-7-19-15)14(21-23)20-16(24)9-6-11(26-22-9)10-4-3-5-25-10/h3-8H,1-2H3,(H2,17,18,19)(H,20,21,24). The zero-order chi connectivity index (χ0) is 18.3. The number of amides is 1. The van der Waals surface area contributed by atoms with Crippen LogP contribution >= 0.6 is 0 Å². The van der Waals surface area contributed by atoms with Crippen molar-refractivity contribution in [2.45, 2.75) is 19.9 Å². The number of hydrogen-bond donors (Lipinski definition) is 2. The first kappa shape index (κ1) is 15.8. The van der Waals surface area contributed by atoms with Crippen molar-refractivity contribution in [1.29, 1.82) is 0 Å². The average molecular weight is 353 g/mol. The third kappa shape index (κ3) is 2.57. The lowest BCUT2D eigenvalue weighted by Gasteiger charge is -2.05. The van der Waals surface area contributed by atoms with E-state index >= 15 is 0 Å². The highest BCUT2D eigenvalue weighted by Crippen LogP contribution is 2.28. The number of hydrogen-bond acceptors (Lipinski definition) is 8. The van der Waals surface area contributed by atoms with E-state index in [1.54, 1.807) is 16.8 Å². The fourth-order valence-electron chi connectivity index (χ4n) is 2.53. The second kappa shape index (κ2) is 5.99. The Bertz CT molecular complexity index is 1080. The second-order valence-electron chi connectivity index (χ2n) is 5.85. The first-order chi connectivity index (χ1) is 12.5. The van der Waals surface area contributed by atoms with Gasteiger partial charge in [-0.3, -0.25) is 4.79 Å². The predicted molar refractivity (Wildman–Crippen MR) is 92.3 cm³/mol. The van der Waals surface area contributed by atoms with Gasteiger partial charge < -0.3 is 20.0 Å². The SMILES string of the molecule is CC(C)n1nc(NC(=O)c2cc(-c3ccco3)on2)c2c(N)ncnc21. The normalized spacial score (nSPS) is 11.3. The highest BCUT2D eigenvalue weighted by atomic mass is 16.5. The molecule has 0 aliphatic rings. The Morgan fingerprint density at radius 1 is 1.31 bits per heavy atom. The molecule has 0 atom stereocenters. The third-order valence-electron chi connectivity index (χ3n) is 3.75. The molecule has 4 rings (SSSR count). The molecule has 10 heteroatoms. The predicted octanol–water partition coefficient (Wildman–Crippen LogP) is 2.49. The van der Waals surface area contributed by atoms with Crippen LogP contribution in [0.25, 0.3) is 22.6 Å². The molecule has 1 amide bonds. The number of fused-ring (bicyclic) bond motifs is 1. The molecule has 3 N–H and O–H groups in total.